The highest BCUT2D eigenvalue weighted by Crippen LogP contribution is 2.29. The number of anilines is 1. The van der Waals surface area contributed by atoms with Crippen molar-refractivity contribution in [3.05, 3.63) is 77.6 Å². The van der Waals surface area contributed by atoms with E-state index in [-0.39, 0.29) is 0 Å². The van der Waals surface area contributed by atoms with Crippen LogP contribution in [-0.2, 0) is 10.0 Å². The molecule has 0 amide bonds. The molecule has 0 saturated heterocycles. The van der Waals surface area contributed by atoms with E-state index >= 15 is 0 Å². The van der Waals surface area contributed by atoms with Crippen molar-refractivity contribution in [3.63, 3.8) is 0 Å². The zero-order valence-corrected chi connectivity index (χ0v) is 15.3. The van der Waals surface area contributed by atoms with Crippen LogP contribution < -0.4 is 4.72 Å². The molecule has 3 aromatic rings. The van der Waals surface area contributed by atoms with Crippen molar-refractivity contribution >= 4 is 15.7 Å². The average molecular weight is 352 g/mol. The van der Waals surface area contributed by atoms with Crippen molar-refractivity contribution in [1.29, 1.82) is 0 Å². The molecule has 0 aliphatic carbocycles. The molecule has 25 heavy (non-hydrogen) atoms. The largest absolute Gasteiger partial charge is 0.280 e. The molecule has 0 fully saturated rings. The van der Waals surface area contributed by atoms with Crippen LogP contribution in [0.3, 0.4) is 0 Å². The van der Waals surface area contributed by atoms with Crippen molar-refractivity contribution in [2.75, 3.05) is 4.72 Å². The van der Waals surface area contributed by atoms with Gasteiger partial charge >= 0.3 is 0 Å². The molecule has 4 nitrogen and oxygen atoms in total. The Morgan fingerprint density at radius 3 is 2.28 bits per heavy atom. The van der Waals surface area contributed by atoms with Crippen LogP contribution in [0.4, 0.5) is 5.69 Å². The summed E-state index contributed by atoms with van der Waals surface area (Å²) in [6.45, 7) is 5.78. The lowest BCUT2D eigenvalue weighted by molar-refractivity contribution is 0.600. The van der Waals surface area contributed by atoms with Gasteiger partial charge in [-0.2, -0.15) is 0 Å². The molecule has 1 N–H and O–H groups in total. The number of nitrogens with one attached hydrogen (secondary N) is 1. The minimum atomic E-state index is -3.61. The molecule has 1 heterocycles. The van der Waals surface area contributed by atoms with Crippen molar-refractivity contribution in [2.45, 2.75) is 25.7 Å². The summed E-state index contributed by atoms with van der Waals surface area (Å²) < 4.78 is 27.9. The Morgan fingerprint density at radius 2 is 1.60 bits per heavy atom. The number of aryl methyl sites for hydroxylation is 3. The Morgan fingerprint density at radius 1 is 0.840 bits per heavy atom. The molecule has 0 bridgehead atoms. The number of hydrogen-bond donors (Lipinski definition) is 1. The number of hydrogen-bond acceptors (Lipinski definition) is 3. The predicted molar refractivity (Wildman–Crippen MR) is 101 cm³/mol. The molecular formula is C20H20N2O2S. The van der Waals surface area contributed by atoms with Gasteiger partial charge in [0.2, 0.25) is 0 Å². The second-order valence-electron chi connectivity index (χ2n) is 6.09. The maximum atomic E-state index is 12.6. The summed E-state index contributed by atoms with van der Waals surface area (Å²) in [6, 6.07) is 14.5. The molecule has 5 heteroatoms. The first kappa shape index (κ1) is 17.2. The minimum absolute atomic E-state index is 0.292. The third kappa shape index (κ3) is 3.56. The first-order valence-electron chi connectivity index (χ1n) is 7.98. The molecule has 0 saturated carbocycles. The number of rotatable bonds is 4. The summed E-state index contributed by atoms with van der Waals surface area (Å²) in [7, 11) is -3.61. The third-order valence-electron chi connectivity index (χ3n) is 4.19. The van der Waals surface area contributed by atoms with Crippen LogP contribution in [0.15, 0.2) is 65.8 Å². The molecule has 0 spiro atoms. The quantitative estimate of drug-likeness (QED) is 0.753. The van der Waals surface area contributed by atoms with Gasteiger partial charge in [0.15, 0.2) is 0 Å². The first-order chi connectivity index (χ1) is 11.9. The van der Waals surface area contributed by atoms with Crippen molar-refractivity contribution in [2.24, 2.45) is 0 Å². The van der Waals surface area contributed by atoms with Gasteiger partial charge in [0, 0.05) is 23.6 Å². The van der Waals surface area contributed by atoms with E-state index in [2.05, 4.69) is 9.71 Å². The molecule has 2 aromatic carbocycles. The van der Waals surface area contributed by atoms with Gasteiger partial charge in [-0.25, -0.2) is 8.42 Å². The molecule has 1 aromatic heterocycles. The van der Waals surface area contributed by atoms with E-state index in [1.54, 1.807) is 37.4 Å². The molecule has 3 rings (SSSR count). The molecule has 0 aliphatic rings. The van der Waals surface area contributed by atoms with Crippen molar-refractivity contribution in [1.82, 2.24) is 4.98 Å². The van der Waals surface area contributed by atoms with Gasteiger partial charge in [0.25, 0.3) is 10.0 Å². The summed E-state index contributed by atoms with van der Waals surface area (Å²) in [6.07, 6.45) is 3.59. The summed E-state index contributed by atoms with van der Waals surface area (Å²) >= 11 is 0. The van der Waals surface area contributed by atoms with Crippen molar-refractivity contribution < 1.29 is 8.42 Å². The van der Waals surface area contributed by atoms with Crippen LogP contribution in [0.2, 0.25) is 0 Å². The van der Waals surface area contributed by atoms with Crippen LogP contribution in [0, 0.1) is 20.8 Å². The van der Waals surface area contributed by atoms with Crippen LogP contribution in [-0.4, -0.2) is 13.4 Å². The Hall–Kier alpha value is -2.66. The smallest absolute Gasteiger partial charge is 0.262 e. The van der Waals surface area contributed by atoms with E-state index in [4.69, 9.17) is 0 Å². The monoisotopic (exact) mass is 352 g/mol. The zero-order chi connectivity index (χ0) is 18.0. The van der Waals surface area contributed by atoms with Gasteiger partial charge in [0.05, 0.1) is 4.90 Å². The summed E-state index contributed by atoms with van der Waals surface area (Å²) in [5, 5.41) is 0. The van der Waals surface area contributed by atoms with Gasteiger partial charge in [-0.3, -0.25) is 9.71 Å². The maximum absolute atomic E-state index is 12.6. The minimum Gasteiger partial charge on any atom is -0.280 e. The molecule has 0 atom stereocenters. The van der Waals surface area contributed by atoms with E-state index in [0.717, 1.165) is 22.3 Å². The second-order valence-corrected chi connectivity index (χ2v) is 7.74. The zero-order valence-electron chi connectivity index (χ0n) is 14.4. The molecule has 0 aliphatic heterocycles. The Labute approximate surface area is 148 Å². The fraction of sp³-hybridized carbons (Fsp3) is 0.150. The van der Waals surface area contributed by atoms with Crippen LogP contribution in [0.25, 0.3) is 11.1 Å². The summed E-state index contributed by atoms with van der Waals surface area (Å²) in [5.74, 6) is 0. The fourth-order valence-corrected chi connectivity index (χ4v) is 4.14. The van der Waals surface area contributed by atoms with Gasteiger partial charge in [-0.15, -0.1) is 0 Å². The summed E-state index contributed by atoms with van der Waals surface area (Å²) in [5.41, 5.74) is 5.48. The van der Waals surface area contributed by atoms with Crippen LogP contribution >= 0.6 is 0 Å². The highest BCUT2D eigenvalue weighted by atomic mass is 32.2. The van der Waals surface area contributed by atoms with E-state index in [1.165, 1.54) is 0 Å². The molecular weight excluding hydrogens is 332 g/mol. The fourth-order valence-electron chi connectivity index (χ4n) is 2.84. The normalized spacial score (nSPS) is 11.3. The van der Waals surface area contributed by atoms with E-state index in [9.17, 15) is 8.42 Å². The number of aromatic nitrogens is 1. The van der Waals surface area contributed by atoms with E-state index in [1.807, 2.05) is 44.3 Å². The van der Waals surface area contributed by atoms with E-state index in [0.29, 0.717) is 16.1 Å². The summed E-state index contributed by atoms with van der Waals surface area (Å²) in [4.78, 5) is 4.47. The standard InChI is InChI=1S/C20H20N2O2S/c1-14-10-11-21-13-19(14)18-9-8-17(12-16(18)3)22-25(23,24)20-7-5-4-6-15(20)2/h4-13,22H,1-3H3. The number of pyridine rings is 1. The topological polar surface area (TPSA) is 59.1 Å². The molecule has 0 unspecified atom stereocenters. The highest BCUT2D eigenvalue weighted by molar-refractivity contribution is 7.92. The predicted octanol–water partition coefficient (Wildman–Crippen LogP) is 4.47. The first-order valence-corrected chi connectivity index (χ1v) is 9.47. The Bertz CT molecular complexity index is 1030. The van der Waals surface area contributed by atoms with E-state index < -0.39 is 10.0 Å². The maximum Gasteiger partial charge on any atom is 0.262 e. The Balaban J connectivity index is 1.94. The lowest BCUT2D eigenvalue weighted by atomic mass is 9.98. The number of sulfonamides is 1. The van der Waals surface area contributed by atoms with Gasteiger partial charge in [-0.1, -0.05) is 24.3 Å². The van der Waals surface area contributed by atoms with Gasteiger partial charge in [-0.05, 0) is 67.3 Å². The highest BCUT2D eigenvalue weighted by Gasteiger charge is 2.17. The second kappa shape index (κ2) is 6.69. The number of nitrogens with zero attached hydrogens (tertiary/aromatic N) is 1. The Kier molecular flexibility index (Phi) is 4.59. The lowest BCUT2D eigenvalue weighted by Gasteiger charge is -2.13. The molecule has 0 radical (unpaired) electrons. The average Bonchev–Trinajstić information content (AvgIpc) is 2.56. The third-order valence-corrected chi connectivity index (χ3v) is 5.73. The van der Waals surface area contributed by atoms with Gasteiger partial charge < -0.3 is 0 Å². The SMILES string of the molecule is Cc1cc(NS(=O)(=O)c2ccccc2C)ccc1-c1cnccc1C. The van der Waals surface area contributed by atoms with Crippen LogP contribution in [0.1, 0.15) is 16.7 Å². The van der Waals surface area contributed by atoms with Gasteiger partial charge in [0.1, 0.15) is 0 Å². The van der Waals surface area contributed by atoms with Crippen LogP contribution in [0.5, 0.6) is 0 Å². The number of benzene rings is 2. The van der Waals surface area contributed by atoms with Crippen molar-refractivity contribution in [3.8, 4) is 11.1 Å². The lowest BCUT2D eigenvalue weighted by Crippen LogP contribution is -2.14. The molecule has 128 valence electrons.